The fourth-order valence-electron chi connectivity index (χ4n) is 2.75. The molecular formula is C23H18N2O3. The molecule has 0 aliphatic heterocycles. The monoisotopic (exact) mass is 370 g/mol. The molecule has 2 aromatic heterocycles. The van der Waals surface area contributed by atoms with Crippen LogP contribution in [-0.4, -0.2) is 10.9 Å². The van der Waals surface area contributed by atoms with Crippen molar-refractivity contribution in [2.75, 3.05) is 0 Å². The molecule has 0 fully saturated rings. The highest BCUT2D eigenvalue weighted by atomic mass is 16.5. The van der Waals surface area contributed by atoms with Gasteiger partial charge in [-0.05, 0) is 60.2 Å². The number of para-hydroxylation sites is 1. The zero-order chi connectivity index (χ0) is 19.2. The summed E-state index contributed by atoms with van der Waals surface area (Å²) < 4.78 is 11.1. The third kappa shape index (κ3) is 4.27. The van der Waals surface area contributed by atoms with E-state index in [9.17, 15) is 4.79 Å². The number of ether oxygens (including phenoxy) is 1. The lowest BCUT2D eigenvalue weighted by molar-refractivity contribution is 0.0951. The third-order valence-electron chi connectivity index (χ3n) is 4.15. The Morgan fingerprint density at radius 3 is 2.46 bits per heavy atom. The Kier molecular flexibility index (Phi) is 5.15. The number of hydrogen-bond acceptors (Lipinski definition) is 4. The maximum Gasteiger partial charge on any atom is 0.251 e. The van der Waals surface area contributed by atoms with E-state index in [0.29, 0.717) is 17.9 Å². The average Bonchev–Trinajstić information content (AvgIpc) is 3.29. The first-order valence-corrected chi connectivity index (χ1v) is 8.87. The molecule has 0 bridgehead atoms. The Bertz CT molecular complexity index is 1040. The van der Waals surface area contributed by atoms with E-state index in [0.717, 1.165) is 22.6 Å². The first kappa shape index (κ1) is 17.5. The van der Waals surface area contributed by atoms with Crippen LogP contribution >= 0.6 is 0 Å². The highest BCUT2D eigenvalue weighted by Gasteiger charge is 2.08. The van der Waals surface area contributed by atoms with E-state index in [1.807, 2.05) is 48.5 Å². The normalized spacial score (nSPS) is 10.4. The van der Waals surface area contributed by atoms with Gasteiger partial charge in [0.25, 0.3) is 5.91 Å². The summed E-state index contributed by atoms with van der Waals surface area (Å²) in [6.45, 7) is 0.378. The number of nitrogens with zero attached hydrogens (tertiary/aromatic N) is 1. The van der Waals surface area contributed by atoms with Gasteiger partial charge in [-0.15, -0.1) is 0 Å². The maximum atomic E-state index is 12.4. The van der Waals surface area contributed by atoms with Crippen molar-refractivity contribution in [3.63, 3.8) is 0 Å². The van der Waals surface area contributed by atoms with Gasteiger partial charge in [0.2, 0.25) is 0 Å². The quantitative estimate of drug-likeness (QED) is 0.515. The van der Waals surface area contributed by atoms with Gasteiger partial charge in [0, 0.05) is 30.1 Å². The molecule has 2 heterocycles. The first-order chi connectivity index (χ1) is 13.8. The Morgan fingerprint density at radius 1 is 0.929 bits per heavy atom. The molecule has 2 aromatic carbocycles. The van der Waals surface area contributed by atoms with Gasteiger partial charge >= 0.3 is 0 Å². The van der Waals surface area contributed by atoms with E-state index >= 15 is 0 Å². The molecule has 0 unspecified atom stereocenters. The first-order valence-electron chi connectivity index (χ1n) is 8.87. The minimum absolute atomic E-state index is 0.158. The molecule has 0 saturated heterocycles. The van der Waals surface area contributed by atoms with Crippen molar-refractivity contribution in [1.29, 1.82) is 0 Å². The van der Waals surface area contributed by atoms with Crippen LogP contribution < -0.4 is 10.1 Å². The molecule has 1 N–H and O–H groups in total. The predicted molar refractivity (Wildman–Crippen MR) is 106 cm³/mol. The van der Waals surface area contributed by atoms with Crippen LogP contribution in [0.1, 0.15) is 15.9 Å². The standard InChI is InChI=1S/C23H18N2O3/c26-23(18-8-10-21(11-9-18)28-20-5-2-1-3-6-20)25-15-17-13-19(16-24-14-17)22-7-4-12-27-22/h1-14,16H,15H2,(H,25,26). The van der Waals surface area contributed by atoms with Gasteiger partial charge in [-0.2, -0.15) is 0 Å². The SMILES string of the molecule is O=C(NCc1cncc(-c2ccco2)c1)c1ccc(Oc2ccccc2)cc1. The number of benzene rings is 2. The van der Waals surface area contributed by atoms with Crippen LogP contribution in [0.5, 0.6) is 11.5 Å². The molecule has 1 amide bonds. The summed E-state index contributed by atoms with van der Waals surface area (Å²) in [6.07, 6.45) is 5.08. The van der Waals surface area contributed by atoms with Crippen molar-refractivity contribution in [2.24, 2.45) is 0 Å². The van der Waals surface area contributed by atoms with E-state index in [1.165, 1.54) is 0 Å². The summed E-state index contributed by atoms with van der Waals surface area (Å²) in [7, 11) is 0. The number of pyridine rings is 1. The summed E-state index contributed by atoms with van der Waals surface area (Å²) in [5.41, 5.74) is 2.33. The van der Waals surface area contributed by atoms with Crippen LogP contribution in [0.15, 0.2) is 95.9 Å². The van der Waals surface area contributed by atoms with Gasteiger partial charge in [-0.1, -0.05) is 18.2 Å². The highest BCUT2D eigenvalue weighted by Crippen LogP contribution is 2.22. The number of rotatable bonds is 6. The lowest BCUT2D eigenvalue weighted by atomic mass is 10.1. The molecule has 0 atom stereocenters. The molecular weight excluding hydrogens is 352 g/mol. The number of amides is 1. The van der Waals surface area contributed by atoms with Gasteiger partial charge in [0.1, 0.15) is 17.3 Å². The van der Waals surface area contributed by atoms with E-state index in [2.05, 4.69) is 10.3 Å². The van der Waals surface area contributed by atoms with Crippen molar-refractivity contribution < 1.29 is 13.9 Å². The molecule has 4 rings (SSSR count). The average molecular weight is 370 g/mol. The summed E-state index contributed by atoms with van der Waals surface area (Å²) in [5.74, 6) is 2.02. The molecule has 5 nitrogen and oxygen atoms in total. The Labute approximate surface area is 162 Å². The topological polar surface area (TPSA) is 64.4 Å². The molecule has 0 aliphatic rings. The van der Waals surface area contributed by atoms with Crippen LogP contribution in [0.2, 0.25) is 0 Å². The Hall–Kier alpha value is -3.86. The summed E-state index contributed by atoms with van der Waals surface area (Å²) >= 11 is 0. The van der Waals surface area contributed by atoms with Gasteiger partial charge in [0.15, 0.2) is 0 Å². The molecule has 0 aliphatic carbocycles. The van der Waals surface area contributed by atoms with E-state index < -0.39 is 0 Å². The Balaban J connectivity index is 1.37. The number of nitrogens with one attached hydrogen (secondary N) is 1. The van der Waals surface area contributed by atoms with Gasteiger partial charge in [-0.25, -0.2) is 0 Å². The second kappa shape index (κ2) is 8.22. The van der Waals surface area contributed by atoms with E-state index in [1.54, 1.807) is 42.9 Å². The fraction of sp³-hybridized carbons (Fsp3) is 0.0435. The van der Waals surface area contributed by atoms with Crippen LogP contribution in [0.3, 0.4) is 0 Å². The van der Waals surface area contributed by atoms with Gasteiger partial charge < -0.3 is 14.5 Å². The zero-order valence-electron chi connectivity index (χ0n) is 15.0. The lowest BCUT2D eigenvalue weighted by Gasteiger charge is -2.08. The molecule has 4 aromatic rings. The molecule has 0 radical (unpaired) electrons. The number of hydrogen-bond donors (Lipinski definition) is 1. The molecule has 138 valence electrons. The van der Waals surface area contributed by atoms with E-state index in [4.69, 9.17) is 9.15 Å². The largest absolute Gasteiger partial charge is 0.464 e. The lowest BCUT2D eigenvalue weighted by Crippen LogP contribution is -2.22. The number of furan rings is 1. The summed E-state index contributed by atoms with van der Waals surface area (Å²) in [5, 5.41) is 2.91. The number of carbonyl (C=O) groups is 1. The second-order valence-corrected chi connectivity index (χ2v) is 6.18. The molecule has 5 heteroatoms. The maximum absolute atomic E-state index is 12.4. The van der Waals surface area contributed by atoms with Crippen molar-refractivity contribution in [1.82, 2.24) is 10.3 Å². The summed E-state index contributed by atoms with van der Waals surface area (Å²) in [4.78, 5) is 16.6. The minimum atomic E-state index is -0.158. The van der Waals surface area contributed by atoms with Crippen LogP contribution in [0, 0.1) is 0 Å². The van der Waals surface area contributed by atoms with Crippen LogP contribution in [-0.2, 0) is 6.54 Å². The van der Waals surface area contributed by atoms with Crippen molar-refractivity contribution >= 4 is 5.91 Å². The number of carbonyl (C=O) groups excluding carboxylic acids is 1. The molecule has 0 spiro atoms. The van der Waals surface area contributed by atoms with Crippen molar-refractivity contribution in [3.05, 3.63) is 103 Å². The second-order valence-electron chi connectivity index (χ2n) is 6.18. The minimum Gasteiger partial charge on any atom is -0.464 e. The van der Waals surface area contributed by atoms with E-state index in [-0.39, 0.29) is 5.91 Å². The van der Waals surface area contributed by atoms with Crippen molar-refractivity contribution in [2.45, 2.75) is 6.54 Å². The van der Waals surface area contributed by atoms with Crippen LogP contribution in [0.4, 0.5) is 0 Å². The fourth-order valence-corrected chi connectivity index (χ4v) is 2.75. The predicted octanol–water partition coefficient (Wildman–Crippen LogP) is 5.06. The molecule has 0 saturated carbocycles. The zero-order valence-corrected chi connectivity index (χ0v) is 15.0. The number of aromatic nitrogens is 1. The Morgan fingerprint density at radius 2 is 1.71 bits per heavy atom. The smallest absolute Gasteiger partial charge is 0.251 e. The molecule has 28 heavy (non-hydrogen) atoms. The van der Waals surface area contributed by atoms with Crippen LogP contribution in [0.25, 0.3) is 11.3 Å². The van der Waals surface area contributed by atoms with Crippen molar-refractivity contribution in [3.8, 4) is 22.8 Å². The van der Waals surface area contributed by atoms with Gasteiger partial charge in [0.05, 0.1) is 6.26 Å². The highest BCUT2D eigenvalue weighted by molar-refractivity contribution is 5.94. The summed E-state index contributed by atoms with van der Waals surface area (Å²) in [6, 6.07) is 22.2. The van der Waals surface area contributed by atoms with Gasteiger partial charge in [-0.3, -0.25) is 9.78 Å². The third-order valence-corrected chi connectivity index (χ3v) is 4.15.